The van der Waals surface area contributed by atoms with Gasteiger partial charge in [-0.3, -0.25) is 0 Å². The van der Waals surface area contributed by atoms with Crippen LogP contribution in [0.1, 0.15) is 13.8 Å². The lowest BCUT2D eigenvalue weighted by Gasteiger charge is -2.18. The van der Waals surface area contributed by atoms with Crippen molar-refractivity contribution in [3.05, 3.63) is 30.3 Å². The normalized spacial score (nSPS) is 9.57. The molecule has 0 spiro atoms. The Morgan fingerprint density at radius 3 is 2.43 bits per heavy atom. The van der Waals surface area contributed by atoms with Crippen molar-refractivity contribution in [3.8, 4) is 0 Å². The summed E-state index contributed by atoms with van der Waals surface area (Å²) in [6, 6.07) is 10.0. The fraction of sp³-hybridized carbons (Fsp3) is 0.364. The van der Waals surface area contributed by atoms with E-state index in [9.17, 15) is 4.79 Å². The molecule has 0 heterocycles. The second-order valence-corrected chi connectivity index (χ2v) is 2.89. The molecule has 0 aliphatic rings. The molecule has 1 radical (unpaired) electrons. The molecule has 0 aliphatic heterocycles. The van der Waals surface area contributed by atoms with E-state index >= 15 is 0 Å². The van der Waals surface area contributed by atoms with E-state index in [2.05, 4.69) is 11.4 Å². The molecule has 0 fully saturated rings. The van der Waals surface area contributed by atoms with Crippen LogP contribution < -0.4 is 5.32 Å². The van der Waals surface area contributed by atoms with Crippen molar-refractivity contribution in [1.29, 1.82) is 0 Å². The highest BCUT2D eigenvalue weighted by molar-refractivity contribution is 5.89. The standard InChI is InChI=1S/C11H15N2O/c1-3-13(4-2)11(14)12-10-8-6-5-7-9-10/h6-9H,3-4H2,1-2H3,(H,12,14). The van der Waals surface area contributed by atoms with Gasteiger partial charge in [-0.15, -0.1) is 0 Å². The number of anilines is 1. The van der Waals surface area contributed by atoms with Gasteiger partial charge < -0.3 is 10.2 Å². The molecule has 14 heavy (non-hydrogen) atoms. The minimum Gasteiger partial charge on any atom is -0.325 e. The van der Waals surface area contributed by atoms with Gasteiger partial charge in [0.15, 0.2) is 0 Å². The molecule has 1 N–H and O–H groups in total. The maximum Gasteiger partial charge on any atom is 0.321 e. The zero-order valence-electron chi connectivity index (χ0n) is 8.58. The Morgan fingerprint density at radius 2 is 1.93 bits per heavy atom. The van der Waals surface area contributed by atoms with Gasteiger partial charge in [0.2, 0.25) is 0 Å². The maximum atomic E-state index is 11.6. The van der Waals surface area contributed by atoms with Gasteiger partial charge in [0, 0.05) is 18.8 Å². The topological polar surface area (TPSA) is 32.3 Å². The molecule has 75 valence electrons. The van der Waals surface area contributed by atoms with E-state index in [0.717, 1.165) is 18.8 Å². The van der Waals surface area contributed by atoms with Gasteiger partial charge in [0.1, 0.15) is 0 Å². The van der Waals surface area contributed by atoms with Crippen LogP contribution in [0.3, 0.4) is 0 Å². The number of rotatable bonds is 3. The van der Waals surface area contributed by atoms with Crippen LogP contribution in [-0.2, 0) is 0 Å². The Morgan fingerprint density at radius 1 is 1.36 bits per heavy atom. The van der Waals surface area contributed by atoms with Crippen molar-refractivity contribution >= 4 is 11.7 Å². The van der Waals surface area contributed by atoms with Gasteiger partial charge in [0.25, 0.3) is 0 Å². The van der Waals surface area contributed by atoms with Gasteiger partial charge in [-0.2, -0.15) is 0 Å². The van der Waals surface area contributed by atoms with Crippen LogP contribution in [0, 0.1) is 6.07 Å². The van der Waals surface area contributed by atoms with Crippen LogP contribution in [0.25, 0.3) is 0 Å². The summed E-state index contributed by atoms with van der Waals surface area (Å²) in [5.41, 5.74) is 0.806. The number of nitrogens with one attached hydrogen (secondary N) is 1. The highest BCUT2D eigenvalue weighted by atomic mass is 16.2. The van der Waals surface area contributed by atoms with Crippen molar-refractivity contribution < 1.29 is 4.79 Å². The van der Waals surface area contributed by atoms with Gasteiger partial charge in [-0.1, -0.05) is 12.1 Å². The lowest BCUT2D eigenvalue weighted by molar-refractivity contribution is 0.217. The summed E-state index contributed by atoms with van der Waals surface area (Å²) < 4.78 is 0. The van der Waals surface area contributed by atoms with Crippen molar-refractivity contribution in [1.82, 2.24) is 4.90 Å². The summed E-state index contributed by atoms with van der Waals surface area (Å²) in [6.07, 6.45) is 0. The SMILES string of the molecule is CCN(CC)C(=O)Nc1cc[c]cc1. The summed E-state index contributed by atoms with van der Waals surface area (Å²) in [4.78, 5) is 13.3. The molecule has 0 bridgehead atoms. The quantitative estimate of drug-likeness (QED) is 0.781. The average Bonchev–Trinajstić information content (AvgIpc) is 2.21. The summed E-state index contributed by atoms with van der Waals surface area (Å²) in [5, 5.41) is 2.81. The zero-order valence-corrected chi connectivity index (χ0v) is 8.58. The Labute approximate surface area is 84.7 Å². The van der Waals surface area contributed by atoms with Crippen LogP contribution in [0.2, 0.25) is 0 Å². The van der Waals surface area contributed by atoms with Crippen molar-refractivity contribution in [2.24, 2.45) is 0 Å². The van der Waals surface area contributed by atoms with Crippen LogP contribution in [0.15, 0.2) is 24.3 Å². The average molecular weight is 191 g/mol. The largest absolute Gasteiger partial charge is 0.325 e. The first-order valence-corrected chi connectivity index (χ1v) is 4.80. The molecule has 3 heteroatoms. The number of amides is 2. The molecule has 0 aromatic heterocycles. The number of hydrogen-bond donors (Lipinski definition) is 1. The Hall–Kier alpha value is -1.51. The molecule has 3 nitrogen and oxygen atoms in total. The summed E-state index contributed by atoms with van der Waals surface area (Å²) in [5.74, 6) is 0. The third-order valence-electron chi connectivity index (χ3n) is 2.02. The highest BCUT2D eigenvalue weighted by Crippen LogP contribution is 2.05. The van der Waals surface area contributed by atoms with Crippen molar-refractivity contribution in [2.45, 2.75) is 13.8 Å². The minimum atomic E-state index is -0.0544. The fourth-order valence-corrected chi connectivity index (χ4v) is 1.18. The van der Waals surface area contributed by atoms with E-state index in [1.165, 1.54) is 0 Å². The van der Waals surface area contributed by atoms with E-state index in [0.29, 0.717) is 0 Å². The number of benzene rings is 1. The lowest BCUT2D eigenvalue weighted by atomic mass is 10.3. The number of urea groups is 1. The van der Waals surface area contributed by atoms with E-state index in [4.69, 9.17) is 0 Å². The first kappa shape index (κ1) is 10.6. The molecule has 1 aromatic rings. The molecular weight excluding hydrogens is 176 g/mol. The number of carbonyl (C=O) groups excluding carboxylic acids is 1. The third-order valence-corrected chi connectivity index (χ3v) is 2.02. The molecule has 0 saturated heterocycles. The van der Waals surface area contributed by atoms with Crippen molar-refractivity contribution in [3.63, 3.8) is 0 Å². The number of nitrogens with zero attached hydrogens (tertiary/aromatic N) is 1. The van der Waals surface area contributed by atoms with Gasteiger partial charge in [-0.05, 0) is 32.0 Å². The second-order valence-electron chi connectivity index (χ2n) is 2.89. The van der Waals surface area contributed by atoms with Gasteiger partial charge >= 0.3 is 6.03 Å². The maximum absolute atomic E-state index is 11.6. The molecule has 0 atom stereocenters. The summed E-state index contributed by atoms with van der Waals surface area (Å²) >= 11 is 0. The van der Waals surface area contributed by atoms with E-state index in [1.54, 1.807) is 17.0 Å². The van der Waals surface area contributed by atoms with Gasteiger partial charge in [0.05, 0.1) is 0 Å². The fourth-order valence-electron chi connectivity index (χ4n) is 1.18. The van der Waals surface area contributed by atoms with Crippen LogP contribution in [0.4, 0.5) is 10.5 Å². The lowest BCUT2D eigenvalue weighted by Crippen LogP contribution is -2.34. The monoisotopic (exact) mass is 191 g/mol. The molecule has 1 rings (SSSR count). The molecule has 1 aromatic carbocycles. The molecule has 0 unspecified atom stereocenters. The third kappa shape index (κ3) is 2.76. The van der Waals surface area contributed by atoms with Crippen LogP contribution >= 0.6 is 0 Å². The number of carbonyl (C=O) groups is 1. The van der Waals surface area contributed by atoms with Crippen molar-refractivity contribution in [2.75, 3.05) is 18.4 Å². The molecule has 0 aliphatic carbocycles. The predicted octanol–water partition coefficient (Wildman–Crippen LogP) is 2.36. The van der Waals surface area contributed by atoms with E-state index < -0.39 is 0 Å². The van der Waals surface area contributed by atoms with Gasteiger partial charge in [-0.25, -0.2) is 4.79 Å². The molecule has 2 amide bonds. The van der Waals surface area contributed by atoms with E-state index in [1.807, 2.05) is 26.0 Å². The number of hydrogen-bond acceptors (Lipinski definition) is 1. The first-order valence-electron chi connectivity index (χ1n) is 4.80. The Bertz CT molecular complexity index is 281. The predicted molar refractivity (Wildman–Crippen MR) is 57.2 cm³/mol. The van der Waals surface area contributed by atoms with E-state index in [-0.39, 0.29) is 6.03 Å². The zero-order chi connectivity index (χ0) is 10.4. The Kier molecular flexibility index (Phi) is 3.98. The smallest absolute Gasteiger partial charge is 0.321 e. The Balaban J connectivity index is 2.57. The molecular formula is C11H15N2O. The minimum absolute atomic E-state index is 0.0544. The molecule has 0 saturated carbocycles. The first-order chi connectivity index (χ1) is 6.77. The highest BCUT2D eigenvalue weighted by Gasteiger charge is 2.08. The van der Waals surface area contributed by atoms with Crippen LogP contribution in [0.5, 0.6) is 0 Å². The summed E-state index contributed by atoms with van der Waals surface area (Å²) in [7, 11) is 0. The van der Waals surface area contributed by atoms with Crippen LogP contribution in [-0.4, -0.2) is 24.0 Å². The second kappa shape index (κ2) is 5.27. The summed E-state index contributed by atoms with van der Waals surface area (Å²) in [6.45, 7) is 5.37.